The first-order chi connectivity index (χ1) is 13.7. The van der Waals surface area contributed by atoms with E-state index in [9.17, 15) is 9.59 Å². The minimum Gasteiger partial charge on any atom is -0.493 e. The number of hydrogen-bond donors (Lipinski definition) is 1. The lowest BCUT2D eigenvalue weighted by Gasteiger charge is -2.15. The Balaban J connectivity index is 2.07. The van der Waals surface area contributed by atoms with E-state index in [0.29, 0.717) is 28.5 Å². The number of nitrogens with one attached hydrogen (secondary N) is 1. The number of methoxy groups -OCH3 is 3. The number of hydrogen-bond acceptors (Lipinski definition) is 6. The zero-order chi connectivity index (χ0) is 21.7. The van der Waals surface area contributed by atoms with Gasteiger partial charge in [0.15, 0.2) is 18.1 Å². The molecule has 8 heteroatoms. The molecule has 1 aromatic carbocycles. The Morgan fingerprint density at radius 3 is 2.03 bits per heavy atom. The zero-order valence-electron chi connectivity index (χ0n) is 17.9. The van der Waals surface area contributed by atoms with Gasteiger partial charge in [0.05, 0.1) is 26.9 Å². The average molecular weight is 404 g/mol. The van der Waals surface area contributed by atoms with Gasteiger partial charge in [0.2, 0.25) is 5.75 Å². The van der Waals surface area contributed by atoms with Crippen LogP contribution in [0.4, 0.5) is 5.69 Å². The summed E-state index contributed by atoms with van der Waals surface area (Å²) in [5, 5.41) is 2.66. The lowest BCUT2D eigenvalue weighted by atomic mass is 10.2. The van der Waals surface area contributed by atoms with Crippen LogP contribution in [0.2, 0.25) is 0 Å². The highest BCUT2D eigenvalue weighted by molar-refractivity contribution is 5.96. The second kappa shape index (κ2) is 9.36. The highest BCUT2D eigenvalue weighted by Gasteiger charge is 2.20. The molecule has 2 rings (SSSR count). The Bertz CT molecular complexity index is 876. The lowest BCUT2D eigenvalue weighted by molar-refractivity contribution is -0.119. The highest BCUT2D eigenvalue weighted by Crippen LogP contribution is 2.39. The summed E-state index contributed by atoms with van der Waals surface area (Å²) in [7, 11) is 4.46. The minimum absolute atomic E-state index is 0.222. The molecule has 2 aromatic rings. The third kappa shape index (κ3) is 4.82. The van der Waals surface area contributed by atoms with E-state index in [1.807, 2.05) is 32.3 Å². The van der Waals surface area contributed by atoms with E-state index in [2.05, 4.69) is 5.32 Å². The van der Waals surface area contributed by atoms with Gasteiger partial charge in [-0.2, -0.15) is 0 Å². The summed E-state index contributed by atoms with van der Waals surface area (Å²) in [6.07, 6.45) is 0. The number of carbonyl (C=O) groups excluding carboxylic acids is 2. The molecule has 0 aliphatic rings. The molecule has 0 aliphatic carbocycles. The number of ether oxygens (including phenoxy) is 4. The fourth-order valence-corrected chi connectivity index (χ4v) is 3.34. The third-order valence-corrected chi connectivity index (χ3v) is 4.50. The quantitative estimate of drug-likeness (QED) is 0.678. The maximum Gasteiger partial charge on any atom is 0.340 e. The molecule has 1 aromatic heterocycles. The first-order valence-electron chi connectivity index (χ1n) is 9.18. The van der Waals surface area contributed by atoms with Gasteiger partial charge in [0.25, 0.3) is 5.91 Å². The van der Waals surface area contributed by atoms with Gasteiger partial charge in [-0.15, -0.1) is 0 Å². The van der Waals surface area contributed by atoms with E-state index < -0.39 is 18.5 Å². The molecule has 1 amide bonds. The van der Waals surface area contributed by atoms with Crippen molar-refractivity contribution in [3.63, 3.8) is 0 Å². The predicted molar refractivity (Wildman–Crippen MR) is 109 cm³/mol. The van der Waals surface area contributed by atoms with Crippen molar-refractivity contribution in [3.05, 3.63) is 35.2 Å². The summed E-state index contributed by atoms with van der Waals surface area (Å²) in [6.45, 7) is 7.46. The summed E-state index contributed by atoms with van der Waals surface area (Å²) < 4.78 is 23.0. The summed E-state index contributed by atoms with van der Waals surface area (Å²) in [5.41, 5.74) is 2.66. The Kier molecular flexibility index (Phi) is 7.14. The van der Waals surface area contributed by atoms with Crippen LogP contribution in [0.15, 0.2) is 18.2 Å². The Hall–Kier alpha value is -3.16. The molecule has 0 unspecified atom stereocenters. The minimum atomic E-state index is -0.537. The first kappa shape index (κ1) is 22.1. The number of anilines is 1. The van der Waals surface area contributed by atoms with Crippen LogP contribution in [-0.2, 0) is 9.53 Å². The van der Waals surface area contributed by atoms with Gasteiger partial charge in [-0.1, -0.05) is 0 Å². The van der Waals surface area contributed by atoms with Crippen molar-refractivity contribution in [1.29, 1.82) is 0 Å². The largest absolute Gasteiger partial charge is 0.493 e. The summed E-state index contributed by atoms with van der Waals surface area (Å²) in [6, 6.07) is 5.18. The summed E-state index contributed by atoms with van der Waals surface area (Å²) >= 11 is 0. The monoisotopic (exact) mass is 404 g/mol. The molecule has 0 radical (unpaired) electrons. The van der Waals surface area contributed by atoms with Crippen LogP contribution in [0.25, 0.3) is 0 Å². The van der Waals surface area contributed by atoms with Crippen LogP contribution in [-0.4, -0.2) is 44.4 Å². The second-order valence-corrected chi connectivity index (χ2v) is 6.79. The smallest absolute Gasteiger partial charge is 0.340 e. The standard InChI is InChI=1S/C21H28N2O6/c1-12(2)23-13(3)8-16(14(23)4)21(25)29-11-19(24)22-15-9-17(26-5)20(28-7)18(10-15)27-6/h8-10,12H,11H2,1-7H3,(H,22,24). The molecule has 1 N–H and O–H groups in total. The lowest BCUT2D eigenvalue weighted by Crippen LogP contribution is -2.21. The molecular formula is C21H28N2O6. The number of carbonyl (C=O) groups is 2. The molecule has 0 spiro atoms. The Labute approximate surface area is 170 Å². The van der Waals surface area contributed by atoms with E-state index in [0.717, 1.165) is 11.4 Å². The summed E-state index contributed by atoms with van der Waals surface area (Å²) in [4.78, 5) is 24.7. The number of esters is 1. The van der Waals surface area contributed by atoms with E-state index in [1.54, 1.807) is 18.2 Å². The van der Waals surface area contributed by atoms with E-state index >= 15 is 0 Å². The molecule has 0 aliphatic heterocycles. The van der Waals surface area contributed by atoms with Crippen molar-refractivity contribution < 1.29 is 28.5 Å². The van der Waals surface area contributed by atoms with Gasteiger partial charge in [-0.3, -0.25) is 4.79 Å². The van der Waals surface area contributed by atoms with E-state index in [1.165, 1.54) is 21.3 Å². The molecule has 29 heavy (non-hydrogen) atoms. The van der Waals surface area contributed by atoms with Gasteiger partial charge in [0.1, 0.15) is 0 Å². The van der Waals surface area contributed by atoms with Gasteiger partial charge >= 0.3 is 5.97 Å². The molecule has 1 heterocycles. The maximum absolute atomic E-state index is 12.4. The van der Waals surface area contributed by atoms with Crippen LogP contribution >= 0.6 is 0 Å². The number of benzene rings is 1. The SMILES string of the molecule is COc1cc(NC(=O)COC(=O)c2cc(C)n(C(C)C)c2C)cc(OC)c1OC. The predicted octanol–water partition coefficient (Wildman–Crippen LogP) is 3.51. The molecule has 0 saturated carbocycles. The van der Waals surface area contributed by atoms with Crippen LogP contribution in [0.1, 0.15) is 41.6 Å². The van der Waals surface area contributed by atoms with E-state index in [-0.39, 0.29) is 6.04 Å². The van der Waals surface area contributed by atoms with Crippen molar-refractivity contribution in [2.75, 3.05) is 33.3 Å². The molecule has 158 valence electrons. The number of aromatic nitrogens is 1. The molecular weight excluding hydrogens is 376 g/mol. The number of rotatable bonds is 8. The van der Waals surface area contributed by atoms with Gasteiger partial charge in [-0.25, -0.2) is 4.79 Å². The molecule has 0 bridgehead atoms. The normalized spacial score (nSPS) is 10.6. The molecule has 0 saturated heterocycles. The topological polar surface area (TPSA) is 88.0 Å². The van der Waals surface area contributed by atoms with Crippen LogP contribution in [0.5, 0.6) is 17.2 Å². The number of aryl methyl sites for hydroxylation is 1. The average Bonchev–Trinajstić information content (AvgIpc) is 2.99. The number of nitrogens with zero attached hydrogens (tertiary/aromatic N) is 1. The van der Waals surface area contributed by atoms with Crippen LogP contribution in [0.3, 0.4) is 0 Å². The van der Waals surface area contributed by atoms with Crippen molar-refractivity contribution in [2.24, 2.45) is 0 Å². The van der Waals surface area contributed by atoms with E-state index in [4.69, 9.17) is 18.9 Å². The summed E-state index contributed by atoms with van der Waals surface area (Å²) in [5.74, 6) is 0.204. The fourth-order valence-electron chi connectivity index (χ4n) is 3.34. The van der Waals surface area contributed by atoms with Gasteiger partial charge in [0, 0.05) is 35.2 Å². The second-order valence-electron chi connectivity index (χ2n) is 6.79. The Morgan fingerprint density at radius 2 is 1.59 bits per heavy atom. The third-order valence-electron chi connectivity index (χ3n) is 4.50. The van der Waals surface area contributed by atoms with Crippen molar-refractivity contribution in [1.82, 2.24) is 4.57 Å². The molecule has 8 nitrogen and oxygen atoms in total. The Morgan fingerprint density at radius 1 is 1.00 bits per heavy atom. The van der Waals surface area contributed by atoms with Crippen molar-refractivity contribution in [3.8, 4) is 17.2 Å². The zero-order valence-corrected chi connectivity index (χ0v) is 17.9. The van der Waals surface area contributed by atoms with Gasteiger partial charge < -0.3 is 28.8 Å². The number of amides is 1. The van der Waals surface area contributed by atoms with Crippen LogP contribution < -0.4 is 19.5 Å². The highest BCUT2D eigenvalue weighted by atomic mass is 16.5. The molecule has 0 atom stereocenters. The fraction of sp³-hybridized carbons (Fsp3) is 0.429. The molecule has 0 fully saturated rings. The van der Waals surface area contributed by atoms with Gasteiger partial charge in [-0.05, 0) is 33.8 Å². The van der Waals surface area contributed by atoms with Crippen molar-refractivity contribution in [2.45, 2.75) is 33.7 Å². The maximum atomic E-state index is 12.4. The van der Waals surface area contributed by atoms with Crippen LogP contribution in [0, 0.1) is 13.8 Å². The van der Waals surface area contributed by atoms with Crippen molar-refractivity contribution >= 4 is 17.6 Å². The first-order valence-corrected chi connectivity index (χ1v) is 9.18.